The SMILES string of the molecule is O=S(=O)(c1cc(N=Cc2cc(Br)c(O)c(Br)c2)ccc1Cl)N1CCOCC1.c1ccncc1. The first kappa shape index (κ1) is 25.8. The lowest BCUT2D eigenvalue weighted by Crippen LogP contribution is -2.40. The number of aromatic hydroxyl groups is 1. The number of ether oxygens (including phenoxy) is 1. The third-order valence-electron chi connectivity index (χ3n) is 4.47. The Labute approximate surface area is 214 Å². The third-order valence-corrected chi connectivity index (χ3v) is 8.06. The average molecular weight is 618 g/mol. The summed E-state index contributed by atoms with van der Waals surface area (Å²) in [6.45, 7) is 1.31. The predicted molar refractivity (Wildman–Crippen MR) is 136 cm³/mol. The summed E-state index contributed by atoms with van der Waals surface area (Å²) in [6, 6.07) is 13.7. The van der Waals surface area contributed by atoms with E-state index in [1.54, 1.807) is 36.8 Å². The molecule has 2 aromatic carbocycles. The number of phenolic OH excluding ortho intramolecular Hbond substituents is 1. The van der Waals surface area contributed by atoms with Gasteiger partial charge in [0.05, 0.1) is 32.9 Å². The molecule has 1 aliphatic heterocycles. The molecule has 1 aromatic heterocycles. The molecule has 2 heterocycles. The molecule has 0 spiro atoms. The summed E-state index contributed by atoms with van der Waals surface area (Å²) in [5.74, 6) is 0.0949. The fourth-order valence-electron chi connectivity index (χ4n) is 2.82. The smallest absolute Gasteiger partial charge is 0.244 e. The third kappa shape index (κ3) is 7.08. The van der Waals surface area contributed by atoms with Crippen LogP contribution in [-0.4, -0.2) is 55.3 Å². The Morgan fingerprint density at radius 2 is 1.70 bits per heavy atom. The van der Waals surface area contributed by atoms with Crippen LogP contribution < -0.4 is 0 Å². The normalized spacial score (nSPS) is 14.6. The highest BCUT2D eigenvalue weighted by atomic mass is 79.9. The van der Waals surface area contributed by atoms with Gasteiger partial charge in [0.1, 0.15) is 10.6 Å². The Morgan fingerprint density at radius 3 is 2.24 bits per heavy atom. The molecule has 0 radical (unpaired) electrons. The van der Waals surface area contributed by atoms with E-state index < -0.39 is 10.0 Å². The molecule has 33 heavy (non-hydrogen) atoms. The predicted octanol–water partition coefficient (Wildman–Crippen LogP) is 5.42. The topological polar surface area (TPSA) is 92.1 Å². The Morgan fingerprint density at radius 1 is 1.06 bits per heavy atom. The van der Waals surface area contributed by atoms with Gasteiger partial charge in [0.2, 0.25) is 10.0 Å². The average Bonchev–Trinajstić information content (AvgIpc) is 2.84. The molecular formula is C22H20Br2ClN3O4S. The molecule has 174 valence electrons. The summed E-state index contributed by atoms with van der Waals surface area (Å²) in [5.41, 5.74) is 1.17. The van der Waals surface area contributed by atoms with Crippen molar-refractivity contribution in [3.05, 3.63) is 80.5 Å². The van der Waals surface area contributed by atoms with Crippen LogP contribution in [0.5, 0.6) is 5.75 Å². The molecule has 0 amide bonds. The highest BCUT2D eigenvalue weighted by molar-refractivity contribution is 9.11. The van der Waals surface area contributed by atoms with Crippen molar-refractivity contribution in [2.75, 3.05) is 26.3 Å². The number of sulfonamides is 1. The molecule has 1 fully saturated rings. The summed E-state index contributed by atoms with van der Waals surface area (Å²) in [6.07, 6.45) is 5.07. The number of aliphatic imine (C=N–C) groups is 1. The fraction of sp³-hybridized carbons (Fsp3) is 0.182. The van der Waals surface area contributed by atoms with E-state index in [0.29, 0.717) is 40.9 Å². The number of aromatic nitrogens is 1. The van der Waals surface area contributed by atoms with E-state index in [0.717, 1.165) is 5.56 Å². The molecule has 11 heteroatoms. The number of rotatable bonds is 4. The largest absolute Gasteiger partial charge is 0.506 e. The number of benzene rings is 2. The van der Waals surface area contributed by atoms with Gasteiger partial charge < -0.3 is 9.84 Å². The zero-order valence-electron chi connectivity index (χ0n) is 17.2. The lowest BCUT2D eigenvalue weighted by Gasteiger charge is -2.26. The first-order chi connectivity index (χ1) is 15.8. The van der Waals surface area contributed by atoms with E-state index in [2.05, 4.69) is 41.8 Å². The molecule has 3 aromatic rings. The second-order valence-electron chi connectivity index (χ2n) is 6.75. The molecule has 0 unspecified atom stereocenters. The van der Waals surface area contributed by atoms with Crippen molar-refractivity contribution in [1.29, 1.82) is 0 Å². The van der Waals surface area contributed by atoms with Crippen LogP contribution in [0.2, 0.25) is 5.02 Å². The van der Waals surface area contributed by atoms with Gasteiger partial charge >= 0.3 is 0 Å². The van der Waals surface area contributed by atoms with Gasteiger partial charge in [-0.2, -0.15) is 4.31 Å². The van der Waals surface area contributed by atoms with Crippen LogP contribution in [0.1, 0.15) is 5.56 Å². The number of nitrogens with zero attached hydrogens (tertiary/aromatic N) is 3. The van der Waals surface area contributed by atoms with Crippen molar-refractivity contribution >= 4 is 65.4 Å². The van der Waals surface area contributed by atoms with E-state index in [-0.39, 0.29) is 15.7 Å². The maximum Gasteiger partial charge on any atom is 0.244 e. The van der Waals surface area contributed by atoms with Crippen LogP contribution in [0, 0.1) is 0 Å². The van der Waals surface area contributed by atoms with Gasteiger partial charge in [-0.1, -0.05) is 17.7 Å². The monoisotopic (exact) mass is 615 g/mol. The fourth-order valence-corrected chi connectivity index (χ4v) is 5.94. The van der Waals surface area contributed by atoms with Crippen LogP contribution in [0.3, 0.4) is 0 Å². The Balaban J connectivity index is 0.000000442. The molecule has 0 bridgehead atoms. The highest BCUT2D eigenvalue weighted by Crippen LogP contribution is 2.33. The summed E-state index contributed by atoms with van der Waals surface area (Å²) in [7, 11) is -3.72. The molecule has 0 saturated carbocycles. The molecule has 1 saturated heterocycles. The second-order valence-corrected chi connectivity index (χ2v) is 10.8. The lowest BCUT2D eigenvalue weighted by atomic mass is 10.2. The number of phenols is 1. The number of morpholine rings is 1. The van der Waals surface area contributed by atoms with E-state index in [1.807, 2.05) is 18.2 Å². The van der Waals surface area contributed by atoms with Crippen LogP contribution in [0.15, 0.2) is 79.8 Å². The van der Waals surface area contributed by atoms with Crippen molar-refractivity contribution in [2.24, 2.45) is 4.99 Å². The Bertz CT molecular complexity index is 1170. The standard InChI is InChI=1S/C17H15Br2ClN2O4S.C5H5N/c18-13-7-11(8-14(19)17(13)23)10-21-12-1-2-15(20)16(9-12)27(24,25)22-3-5-26-6-4-22;1-2-4-6-5-3-1/h1-2,7-10,23H,3-6H2;1-5H. The minimum atomic E-state index is -3.72. The van der Waals surface area contributed by atoms with Crippen molar-refractivity contribution < 1.29 is 18.3 Å². The van der Waals surface area contributed by atoms with Gasteiger partial charge in [0.25, 0.3) is 0 Å². The van der Waals surface area contributed by atoms with Gasteiger partial charge in [-0.05, 0) is 79.9 Å². The van der Waals surface area contributed by atoms with Crippen molar-refractivity contribution in [3.63, 3.8) is 0 Å². The van der Waals surface area contributed by atoms with Crippen LogP contribution in [-0.2, 0) is 14.8 Å². The maximum atomic E-state index is 12.9. The van der Waals surface area contributed by atoms with Crippen LogP contribution in [0.4, 0.5) is 5.69 Å². The Kier molecular flexibility index (Phi) is 9.42. The second kappa shape index (κ2) is 12.0. The van der Waals surface area contributed by atoms with E-state index in [4.69, 9.17) is 16.3 Å². The summed E-state index contributed by atoms with van der Waals surface area (Å²) in [4.78, 5) is 8.14. The van der Waals surface area contributed by atoms with Crippen LogP contribution >= 0.6 is 43.5 Å². The first-order valence-corrected chi connectivity index (χ1v) is 13.1. The Hall–Kier alpha value is -1.82. The number of hydrogen-bond donors (Lipinski definition) is 1. The molecule has 4 rings (SSSR count). The minimum Gasteiger partial charge on any atom is -0.506 e. The number of pyridine rings is 1. The highest BCUT2D eigenvalue weighted by Gasteiger charge is 2.28. The molecule has 1 aliphatic rings. The number of halogens is 3. The molecule has 7 nitrogen and oxygen atoms in total. The van der Waals surface area contributed by atoms with E-state index in [9.17, 15) is 13.5 Å². The van der Waals surface area contributed by atoms with Crippen molar-refractivity contribution in [2.45, 2.75) is 4.90 Å². The van der Waals surface area contributed by atoms with E-state index >= 15 is 0 Å². The summed E-state index contributed by atoms with van der Waals surface area (Å²) >= 11 is 12.7. The van der Waals surface area contributed by atoms with Gasteiger partial charge in [0, 0.05) is 31.7 Å². The number of hydrogen-bond acceptors (Lipinski definition) is 6. The van der Waals surface area contributed by atoms with Crippen molar-refractivity contribution in [3.8, 4) is 5.75 Å². The first-order valence-electron chi connectivity index (χ1n) is 9.73. The zero-order chi connectivity index (χ0) is 23.8. The van der Waals surface area contributed by atoms with Gasteiger partial charge in [0.15, 0.2) is 0 Å². The van der Waals surface area contributed by atoms with Gasteiger partial charge in [-0.3, -0.25) is 9.98 Å². The van der Waals surface area contributed by atoms with Crippen LogP contribution in [0.25, 0.3) is 0 Å². The molecule has 0 atom stereocenters. The van der Waals surface area contributed by atoms with Gasteiger partial charge in [-0.25, -0.2) is 8.42 Å². The lowest BCUT2D eigenvalue weighted by molar-refractivity contribution is 0.0730. The van der Waals surface area contributed by atoms with Gasteiger partial charge in [-0.15, -0.1) is 0 Å². The molecular weight excluding hydrogens is 598 g/mol. The molecule has 0 aliphatic carbocycles. The zero-order valence-corrected chi connectivity index (χ0v) is 22.0. The summed E-state index contributed by atoms with van der Waals surface area (Å²) in [5, 5.41) is 9.91. The van der Waals surface area contributed by atoms with E-state index in [1.165, 1.54) is 16.4 Å². The minimum absolute atomic E-state index is 0.0220. The maximum absolute atomic E-state index is 12.9. The quantitative estimate of drug-likeness (QED) is 0.395. The summed E-state index contributed by atoms with van der Waals surface area (Å²) < 4.78 is 33.3. The van der Waals surface area contributed by atoms with Crippen molar-refractivity contribution in [1.82, 2.24) is 9.29 Å². The molecule has 1 N–H and O–H groups in total.